The molecule has 1 amide bonds. The first kappa shape index (κ1) is 11.5. The minimum absolute atomic E-state index is 0.139. The van der Waals surface area contributed by atoms with Gasteiger partial charge in [0.2, 0.25) is 5.91 Å². The lowest BCUT2D eigenvalue weighted by molar-refractivity contribution is -0.122. The number of amides is 1. The maximum Gasteiger partial charge on any atom is 0.223 e. The first-order chi connectivity index (χ1) is 6.55. The molecule has 1 aliphatic carbocycles. The molecule has 0 bridgehead atoms. The lowest BCUT2D eigenvalue weighted by Gasteiger charge is -2.24. The minimum atomic E-state index is 0.139. The Kier molecular flexibility index (Phi) is 3.93. The molecule has 1 N–H and O–H groups in total. The van der Waals surface area contributed by atoms with Crippen molar-refractivity contribution in [3.05, 3.63) is 0 Å². The number of carbonyl (C=O) groups is 1. The zero-order valence-electron chi connectivity index (χ0n) is 9.43. The lowest BCUT2D eigenvalue weighted by Crippen LogP contribution is -2.35. The summed E-state index contributed by atoms with van der Waals surface area (Å²) in [6, 6.07) is 0. The van der Waals surface area contributed by atoms with Gasteiger partial charge in [0, 0.05) is 26.2 Å². The molecule has 82 valence electrons. The normalized spacial score (nSPS) is 16.8. The van der Waals surface area contributed by atoms with Gasteiger partial charge < -0.3 is 10.1 Å². The van der Waals surface area contributed by atoms with E-state index in [0.717, 1.165) is 32.4 Å². The smallest absolute Gasteiger partial charge is 0.223 e. The monoisotopic (exact) mass is 199 g/mol. The minimum Gasteiger partial charge on any atom is -0.385 e. The summed E-state index contributed by atoms with van der Waals surface area (Å²) in [5, 5.41) is 3.00. The van der Waals surface area contributed by atoms with Gasteiger partial charge in [0.25, 0.3) is 0 Å². The number of rotatable bonds is 6. The number of hydrogen-bond acceptors (Lipinski definition) is 2. The predicted molar refractivity (Wildman–Crippen MR) is 56.0 cm³/mol. The second-order valence-corrected chi connectivity index (χ2v) is 4.90. The summed E-state index contributed by atoms with van der Waals surface area (Å²) >= 11 is 0. The van der Waals surface area contributed by atoms with Gasteiger partial charge in [-0.1, -0.05) is 13.8 Å². The molecule has 0 atom stereocenters. The van der Waals surface area contributed by atoms with Crippen LogP contribution in [0, 0.1) is 11.3 Å². The van der Waals surface area contributed by atoms with Crippen molar-refractivity contribution in [3.63, 3.8) is 0 Å². The molecular formula is C11H21NO2. The molecule has 0 radical (unpaired) electrons. The largest absolute Gasteiger partial charge is 0.385 e. The summed E-state index contributed by atoms with van der Waals surface area (Å²) in [6.45, 7) is 5.82. The quantitative estimate of drug-likeness (QED) is 0.705. The molecule has 1 saturated carbocycles. The summed E-state index contributed by atoms with van der Waals surface area (Å²) in [5.74, 6) is 0.545. The molecule has 0 saturated heterocycles. The second kappa shape index (κ2) is 4.78. The van der Waals surface area contributed by atoms with Gasteiger partial charge in [-0.25, -0.2) is 0 Å². The molecule has 3 nitrogen and oxygen atoms in total. The third kappa shape index (κ3) is 4.09. The highest BCUT2D eigenvalue weighted by atomic mass is 16.5. The number of nitrogens with one attached hydrogen (secondary N) is 1. The van der Waals surface area contributed by atoms with Gasteiger partial charge in [0.05, 0.1) is 0 Å². The predicted octanol–water partition coefficient (Wildman–Crippen LogP) is 1.58. The fraction of sp³-hybridized carbons (Fsp3) is 0.909. The zero-order valence-corrected chi connectivity index (χ0v) is 9.43. The standard InChI is InChI=1S/C11H21NO2/c1-11(2,6-7-14-3)8-12-10(13)9-4-5-9/h9H,4-8H2,1-3H3,(H,12,13). The van der Waals surface area contributed by atoms with Crippen LogP contribution in [-0.4, -0.2) is 26.2 Å². The molecule has 14 heavy (non-hydrogen) atoms. The number of carbonyl (C=O) groups excluding carboxylic acids is 1. The van der Waals surface area contributed by atoms with Crippen LogP contribution in [0.15, 0.2) is 0 Å². The van der Waals surface area contributed by atoms with Gasteiger partial charge in [-0.15, -0.1) is 0 Å². The van der Waals surface area contributed by atoms with Crippen LogP contribution in [0.5, 0.6) is 0 Å². The van der Waals surface area contributed by atoms with Gasteiger partial charge in [-0.3, -0.25) is 4.79 Å². The summed E-state index contributed by atoms with van der Waals surface area (Å²) in [7, 11) is 1.71. The van der Waals surface area contributed by atoms with E-state index in [2.05, 4.69) is 19.2 Å². The van der Waals surface area contributed by atoms with Crippen molar-refractivity contribution >= 4 is 5.91 Å². The van der Waals surface area contributed by atoms with E-state index in [0.29, 0.717) is 5.92 Å². The topological polar surface area (TPSA) is 38.3 Å². The van der Waals surface area contributed by atoms with Crippen molar-refractivity contribution in [1.29, 1.82) is 0 Å². The number of methoxy groups -OCH3 is 1. The van der Waals surface area contributed by atoms with Crippen LogP contribution in [0.2, 0.25) is 0 Å². The Morgan fingerprint density at radius 1 is 1.50 bits per heavy atom. The van der Waals surface area contributed by atoms with Crippen LogP contribution in [0.3, 0.4) is 0 Å². The van der Waals surface area contributed by atoms with Crippen LogP contribution in [0.1, 0.15) is 33.1 Å². The van der Waals surface area contributed by atoms with Gasteiger partial charge in [0.15, 0.2) is 0 Å². The van der Waals surface area contributed by atoms with Crippen molar-refractivity contribution in [1.82, 2.24) is 5.32 Å². The van der Waals surface area contributed by atoms with Gasteiger partial charge in [0.1, 0.15) is 0 Å². The fourth-order valence-corrected chi connectivity index (χ4v) is 1.28. The first-order valence-electron chi connectivity index (χ1n) is 5.32. The molecule has 0 aliphatic heterocycles. The van der Waals surface area contributed by atoms with E-state index in [-0.39, 0.29) is 11.3 Å². The molecule has 1 fully saturated rings. The summed E-state index contributed by atoms with van der Waals surface area (Å²) in [5.41, 5.74) is 0.139. The maximum absolute atomic E-state index is 11.4. The highest BCUT2D eigenvalue weighted by Crippen LogP contribution is 2.29. The van der Waals surface area contributed by atoms with E-state index in [1.165, 1.54) is 0 Å². The SMILES string of the molecule is COCCC(C)(C)CNC(=O)C1CC1. The van der Waals surface area contributed by atoms with Crippen molar-refractivity contribution in [2.45, 2.75) is 33.1 Å². The van der Waals surface area contributed by atoms with E-state index >= 15 is 0 Å². The van der Waals surface area contributed by atoms with Crippen molar-refractivity contribution in [2.24, 2.45) is 11.3 Å². The Bertz CT molecular complexity index is 197. The third-order valence-electron chi connectivity index (χ3n) is 2.67. The molecule has 3 heteroatoms. The van der Waals surface area contributed by atoms with Gasteiger partial charge in [-0.05, 0) is 24.7 Å². The fourth-order valence-electron chi connectivity index (χ4n) is 1.28. The summed E-state index contributed by atoms with van der Waals surface area (Å²) in [6.07, 6.45) is 3.13. The Labute approximate surface area is 86.2 Å². The molecule has 0 spiro atoms. The first-order valence-corrected chi connectivity index (χ1v) is 5.32. The van der Waals surface area contributed by atoms with Crippen LogP contribution in [-0.2, 0) is 9.53 Å². The van der Waals surface area contributed by atoms with E-state index in [1.807, 2.05) is 0 Å². The van der Waals surface area contributed by atoms with Crippen molar-refractivity contribution in [2.75, 3.05) is 20.3 Å². The number of ether oxygens (including phenoxy) is 1. The van der Waals surface area contributed by atoms with Crippen LogP contribution in [0.4, 0.5) is 0 Å². The third-order valence-corrected chi connectivity index (χ3v) is 2.67. The second-order valence-electron chi connectivity index (χ2n) is 4.90. The van der Waals surface area contributed by atoms with Crippen LogP contribution < -0.4 is 5.32 Å². The average molecular weight is 199 g/mol. The Morgan fingerprint density at radius 3 is 2.64 bits per heavy atom. The van der Waals surface area contributed by atoms with Gasteiger partial charge >= 0.3 is 0 Å². The summed E-state index contributed by atoms with van der Waals surface area (Å²) < 4.78 is 5.03. The molecule has 1 aliphatic rings. The van der Waals surface area contributed by atoms with E-state index in [4.69, 9.17) is 4.74 Å². The highest BCUT2D eigenvalue weighted by Gasteiger charge is 2.30. The number of hydrogen-bond donors (Lipinski definition) is 1. The Morgan fingerprint density at radius 2 is 2.14 bits per heavy atom. The molecule has 0 heterocycles. The Balaban J connectivity index is 2.16. The van der Waals surface area contributed by atoms with Crippen molar-refractivity contribution < 1.29 is 9.53 Å². The molecule has 0 unspecified atom stereocenters. The van der Waals surface area contributed by atoms with Crippen LogP contribution in [0.25, 0.3) is 0 Å². The molecular weight excluding hydrogens is 178 g/mol. The van der Waals surface area contributed by atoms with Crippen molar-refractivity contribution in [3.8, 4) is 0 Å². The molecule has 1 rings (SSSR count). The molecule has 0 aromatic carbocycles. The zero-order chi connectivity index (χ0) is 10.6. The molecule has 0 aromatic rings. The van der Waals surface area contributed by atoms with Crippen LogP contribution >= 0.6 is 0 Å². The van der Waals surface area contributed by atoms with Gasteiger partial charge in [-0.2, -0.15) is 0 Å². The van der Waals surface area contributed by atoms with E-state index in [1.54, 1.807) is 7.11 Å². The van der Waals surface area contributed by atoms with E-state index in [9.17, 15) is 4.79 Å². The average Bonchev–Trinajstić information content (AvgIpc) is 2.94. The molecule has 0 aromatic heterocycles. The highest BCUT2D eigenvalue weighted by molar-refractivity contribution is 5.80. The summed E-state index contributed by atoms with van der Waals surface area (Å²) in [4.78, 5) is 11.4. The lowest BCUT2D eigenvalue weighted by atomic mass is 9.89. The Hall–Kier alpha value is -0.570. The maximum atomic E-state index is 11.4. The van der Waals surface area contributed by atoms with E-state index < -0.39 is 0 Å².